The molecule has 94 valence electrons. The van der Waals surface area contributed by atoms with E-state index in [1.165, 1.54) is 4.88 Å². The van der Waals surface area contributed by atoms with Crippen molar-refractivity contribution in [1.29, 1.82) is 0 Å². The van der Waals surface area contributed by atoms with Gasteiger partial charge < -0.3 is 10.4 Å². The highest BCUT2D eigenvalue weighted by atomic mass is 32.1. The standard InChI is InChI=1S/C14H15NO2S/c1-9-8-11(5-6-12(9)14(16)17)15-10(2)13-4-3-7-18-13/h3-8,10,15H,1-2H3,(H,16,17). The van der Waals surface area contributed by atoms with E-state index in [2.05, 4.69) is 18.3 Å². The van der Waals surface area contributed by atoms with Crippen LogP contribution >= 0.6 is 11.3 Å². The summed E-state index contributed by atoms with van der Waals surface area (Å²) in [5, 5.41) is 14.4. The Morgan fingerprint density at radius 2 is 2.17 bits per heavy atom. The van der Waals surface area contributed by atoms with Crippen LogP contribution in [0, 0.1) is 6.92 Å². The fraction of sp³-hybridized carbons (Fsp3) is 0.214. The molecule has 0 radical (unpaired) electrons. The fourth-order valence-corrected chi connectivity index (χ4v) is 2.59. The second-order valence-electron chi connectivity index (χ2n) is 4.22. The number of aromatic carboxylic acids is 1. The maximum atomic E-state index is 10.9. The second-order valence-corrected chi connectivity index (χ2v) is 5.20. The largest absolute Gasteiger partial charge is 0.478 e. The second kappa shape index (κ2) is 5.23. The Morgan fingerprint density at radius 1 is 1.39 bits per heavy atom. The van der Waals surface area contributed by atoms with E-state index in [0.717, 1.165) is 11.3 Å². The van der Waals surface area contributed by atoms with Gasteiger partial charge in [-0.1, -0.05) is 6.07 Å². The van der Waals surface area contributed by atoms with Gasteiger partial charge in [0.05, 0.1) is 11.6 Å². The smallest absolute Gasteiger partial charge is 0.335 e. The van der Waals surface area contributed by atoms with Gasteiger partial charge in [-0.25, -0.2) is 4.79 Å². The zero-order valence-electron chi connectivity index (χ0n) is 10.3. The Balaban J connectivity index is 2.15. The lowest BCUT2D eigenvalue weighted by atomic mass is 10.1. The first-order valence-corrected chi connectivity index (χ1v) is 6.60. The predicted octanol–water partition coefficient (Wildman–Crippen LogP) is 3.93. The van der Waals surface area contributed by atoms with Gasteiger partial charge in [-0.3, -0.25) is 0 Å². The molecule has 0 saturated heterocycles. The third-order valence-corrected chi connectivity index (χ3v) is 3.86. The molecular weight excluding hydrogens is 246 g/mol. The molecular formula is C14H15NO2S. The van der Waals surface area contributed by atoms with Crippen molar-refractivity contribution in [2.45, 2.75) is 19.9 Å². The average Bonchev–Trinajstić information content (AvgIpc) is 2.81. The van der Waals surface area contributed by atoms with Crippen LogP contribution in [0.25, 0.3) is 0 Å². The number of nitrogens with one attached hydrogen (secondary N) is 1. The Labute approximate surface area is 110 Å². The molecule has 2 N–H and O–H groups in total. The molecule has 1 unspecified atom stereocenters. The number of thiophene rings is 1. The summed E-state index contributed by atoms with van der Waals surface area (Å²) in [6.45, 7) is 3.90. The molecule has 0 aliphatic heterocycles. The highest BCUT2D eigenvalue weighted by Gasteiger charge is 2.09. The van der Waals surface area contributed by atoms with Crippen molar-refractivity contribution < 1.29 is 9.90 Å². The first-order valence-electron chi connectivity index (χ1n) is 5.72. The summed E-state index contributed by atoms with van der Waals surface area (Å²) in [6, 6.07) is 9.65. The van der Waals surface area contributed by atoms with E-state index in [9.17, 15) is 4.79 Å². The highest BCUT2D eigenvalue weighted by Crippen LogP contribution is 2.24. The molecule has 2 aromatic rings. The molecule has 1 atom stereocenters. The van der Waals surface area contributed by atoms with Gasteiger partial charge in [-0.15, -0.1) is 11.3 Å². The molecule has 0 fully saturated rings. The molecule has 4 heteroatoms. The van der Waals surface area contributed by atoms with Crippen LogP contribution in [0.5, 0.6) is 0 Å². The molecule has 1 aromatic carbocycles. The van der Waals surface area contributed by atoms with Crippen molar-refractivity contribution in [1.82, 2.24) is 0 Å². The van der Waals surface area contributed by atoms with Crippen LogP contribution in [0.1, 0.15) is 33.8 Å². The lowest BCUT2D eigenvalue weighted by molar-refractivity contribution is 0.0696. The molecule has 3 nitrogen and oxygen atoms in total. The minimum absolute atomic E-state index is 0.222. The summed E-state index contributed by atoms with van der Waals surface area (Å²) in [7, 11) is 0. The molecule has 0 aliphatic carbocycles. The van der Waals surface area contributed by atoms with Crippen molar-refractivity contribution in [3.05, 3.63) is 51.7 Å². The van der Waals surface area contributed by atoms with Crippen molar-refractivity contribution in [2.24, 2.45) is 0 Å². The van der Waals surface area contributed by atoms with Crippen LogP contribution in [0.4, 0.5) is 5.69 Å². The van der Waals surface area contributed by atoms with Gasteiger partial charge in [-0.05, 0) is 49.1 Å². The van der Waals surface area contributed by atoms with Gasteiger partial charge >= 0.3 is 5.97 Å². The summed E-state index contributed by atoms with van der Waals surface area (Å²) in [5.41, 5.74) is 2.06. The molecule has 0 spiro atoms. The number of carboxylic acid groups (broad SMARTS) is 1. The molecule has 0 saturated carbocycles. The summed E-state index contributed by atoms with van der Waals surface area (Å²) in [5.74, 6) is -0.884. The Bertz CT molecular complexity index is 549. The molecule has 18 heavy (non-hydrogen) atoms. The molecule has 0 aliphatic rings. The van der Waals surface area contributed by atoms with Gasteiger partial charge in [0.25, 0.3) is 0 Å². The third kappa shape index (κ3) is 2.71. The van der Waals surface area contributed by atoms with E-state index in [4.69, 9.17) is 5.11 Å². The lowest BCUT2D eigenvalue weighted by Crippen LogP contribution is -2.06. The molecule has 1 aromatic heterocycles. The molecule has 2 rings (SSSR count). The first-order chi connectivity index (χ1) is 8.58. The van der Waals surface area contributed by atoms with Gasteiger partial charge in [0.15, 0.2) is 0 Å². The topological polar surface area (TPSA) is 49.3 Å². The number of carboxylic acids is 1. The minimum atomic E-state index is -0.884. The van der Waals surface area contributed by atoms with E-state index in [-0.39, 0.29) is 6.04 Å². The van der Waals surface area contributed by atoms with Gasteiger partial charge in [0, 0.05) is 10.6 Å². The SMILES string of the molecule is Cc1cc(NC(C)c2cccs2)ccc1C(=O)O. The van der Waals surface area contributed by atoms with Crippen molar-refractivity contribution in [3.8, 4) is 0 Å². The first kappa shape index (κ1) is 12.6. The van der Waals surface area contributed by atoms with Crippen molar-refractivity contribution >= 4 is 23.0 Å². The number of hydrogen-bond donors (Lipinski definition) is 2. The molecule has 1 heterocycles. The fourth-order valence-electron chi connectivity index (χ4n) is 1.85. The van der Waals surface area contributed by atoms with E-state index in [1.807, 2.05) is 24.4 Å². The summed E-state index contributed by atoms with van der Waals surface area (Å²) < 4.78 is 0. The number of carbonyl (C=O) groups is 1. The maximum absolute atomic E-state index is 10.9. The number of rotatable bonds is 4. The third-order valence-electron chi connectivity index (χ3n) is 2.81. The summed E-state index contributed by atoms with van der Waals surface area (Å²) in [4.78, 5) is 12.2. The summed E-state index contributed by atoms with van der Waals surface area (Å²) in [6.07, 6.45) is 0. The maximum Gasteiger partial charge on any atom is 0.335 e. The molecule has 0 bridgehead atoms. The lowest BCUT2D eigenvalue weighted by Gasteiger charge is -2.14. The van der Waals surface area contributed by atoms with Crippen LogP contribution in [0.3, 0.4) is 0 Å². The summed E-state index contributed by atoms with van der Waals surface area (Å²) >= 11 is 1.71. The van der Waals surface area contributed by atoms with Crippen LogP contribution in [0.2, 0.25) is 0 Å². The zero-order chi connectivity index (χ0) is 13.1. The van der Waals surface area contributed by atoms with Crippen molar-refractivity contribution in [3.63, 3.8) is 0 Å². The van der Waals surface area contributed by atoms with Crippen LogP contribution < -0.4 is 5.32 Å². The van der Waals surface area contributed by atoms with Crippen LogP contribution in [-0.4, -0.2) is 11.1 Å². The molecule has 0 amide bonds. The van der Waals surface area contributed by atoms with E-state index >= 15 is 0 Å². The van der Waals surface area contributed by atoms with Crippen LogP contribution in [-0.2, 0) is 0 Å². The van der Waals surface area contributed by atoms with E-state index < -0.39 is 5.97 Å². The van der Waals surface area contributed by atoms with Gasteiger partial charge in [-0.2, -0.15) is 0 Å². The highest BCUT2D eigenvalue weighted by molar-refractivity contribution is 7.10. The number of aryl methyl sites for hydroxylation is 1. The zero-order valence-corrected chi connectivity index (χ0v) is 11.1. The number of benzene rings is 1. The minimum Gasteiger partial charge on any atom is -0.478 e. The monoisotopic (exact) mass is 261 g/mol. The predicted molar refractivity (Wildman–Crippen MR) is 74.5 cm³/mol. The Hall–Kier alpha value is -1.81. The van der Waals surface area contributed by atoms with Crippen molar-refractivity contribution in [2.75, 3.05) is 5.32 Å². The van der Waals surface area contributed by atoms with E-state index in [0.29, 0.717) is 5.56 Å². The van der Waals surface area contributed by atoms with Gasteiger partial charge in [0.2, 0.25) is 0 Å². The average molecular weight is 261 g/mol. The van der Waals surface area contributed by atoms with Gasteiger partial charge in [0.1, 0.15) is 0 Å². The number of anilines is 1. The van der Waals surface area contributed by atoms with E-state index in [1.54, 1.807) is 23.5 Å². The number of hydrogen-bond acceptors (Lipinski definition) is 3. The quantitative estimate of drug-likeness (QED) is 0.876. The van der Waals surface area contributed by atoms with Crippen LogP contribution in [0.15, 0.2) is 35.7 Å². The Morgan fingerprint density at radius 3 is 2.72 bits per heavy atom. The Kier molecular flexibility index (Phi) is 3.67. The normalized spacial score (nSPS) is 12.1.